The molecule has 0 saturated carbocycles. The van der Waals surface area contributed by atoms with Crippen molar-refractivity contribution >= 4 is 59.1 Å². The molecule has 0 bridgehead atoms. The maximum atomic E-state index is 13.7. The van der Waals surface area contributed by atoms with Crippen LogP contribution in [0, 0.1) is 17.8 Å². The van der Waals surface area contributed by atoms with Crippen molar-refractivity contribution in [2.45, 2.75) is 148 Å². The number of aliphatic hydroxyl groups is 2. The number of hydrogen-bond acceptors (Lipinski definition) is 14. The average molecular weight is 965 g/mol. The molecule has 1 aromatic carbocycles. The number of carbonyl (C=O) groups is 10. The van der Waals surface area contributed by atoms with Crippen molar-refractivity contribution in [3.05, 3.63) is 29.8 Å². The Labute approximate surface area is 395 Å². The van der Waals surface area contributed by atoms with E-state index in [2.05, 4.69) is 42.5 Å². The lowest BCUT2D eigenvalue weighted by Gasteiger charge is -2.27. The highest BCUT2D eigenvalue weighted by Crippen LogP contribution is 2.14. The number of aliphatic hydroxyl groups excluding tert-OH is 2. The molecule has 0 aromatic heterocycles. The van der Waals surface area contributed by atoms with E-state index in [9.17, 15) is 68.4 Å². The smallest absolute Gasteiger partial charge is 0.326 e. The number of carbonyl (C=O) groups excluding carboxylic acids is 9. The molecule has 0 fully saturated rings. The topological polar surface area (TPSA) is 400 Å². The van der Waals surface area contributed by atoms with E-state index in [1.54, 1.807) is 41.5 Å². The number of phenolic OH excluding ortho intramolecular Hbond substituents is 1. The van der Waals surface area contributed by atoms with Gasteiger partial charge in [-0.05, 0) is 75.0 Å². The summed E-state index contributed by atoms with van der Waals surface area (Å²) in [5.41, 5.74) is 11.6. The monoisotopic (exact) mass is 965 g/mol. The largest absolute Gasteiger partial charge is 0.508 e. The van der Waals surface area contributed by atoms with Gasteiger partial charge >= 0.3 is 5.97 Å². The summed E-state index contributed by atoms with van der Waals surface area (Å²) in [5, 5.41) is 58.7. The molecule has 9 atom stereocenters. The number of carboxylic acid groups (broad SMARTS) is 1. The maximum Gasteiger partial charge on any atom is 0.326 e. The van der Waals surface area contributed by atoms with Crippen LogP contribution in [0.4, 0.5) is 0 Å². The van der Waals surface area contributed by atoms with Crippen molar-refractivity contribution in [1.29, 1.82) is 0 Å². The van der Waals surface area contributed by atoms with Crippen LogP contribution in [0.25, 0.3) is 0 Å². The minimum Gasteiger partial charge on any atom is -0.508 e. The van der Waals surface area contributed by atoms with Crippen LogP contribution in [0.1, 0.15) is 93.1 Å². The minimum absolute atomic E-state index is 0.0212. The fourth-order valence-corrected chi connectivity index (χ4v) is 6.49. The highest BCUT2D eigenvalue weighted by molar-refractivity contribution is 5.97. The van der Waals surface area contributed by atoms with Gasteiger partial charge in [0, 0.05) is 12.8 Å². The Morgan fingerprint density at radius 2 is 1.03 bits per heavy atom. The fourth-order valence-electron chi connectivity index (χ4n) is 6.49. The van der Waals surface area contributed by atoms with Gasteiger partial charge in [-0.15, -0.1) is 0 Å². The molecule has 0 aliphatic heterocycles. The number of aromatic hydroxyl groups is 1. The van der Waals surface area contributed by atoms with E-state index >= 15 is 0 Å². The number of rotatable bonds is 30. The summed E-state index contributed by atoms with van der Waals surface area (Å²) in [6, 6.07) is -5.16. The summed E-state index contributed by atoms with van der Waals surface area (Å²) in [6.45, 7) is 11.3. The normalized spacial score (nSPS) is 15.2. The molecule has 1 aromatic rings. The molecule has 0 aliphatic carbocycles. The van der Waals surface area contributed by atoms with Gasteiger partial charge in [0.15, 0.2) is 0 Å². The van der Waals surface area contributed by atoms with E-state index in [0.717, 1.165) is 0 Å². The molecule has 0 radical (unpaired) electrons. The van der Waals surface area contributed by atoms with Gasteiger partial charge in [-0.1, -0.05) is 53.7 Å². The first-order valence-corrected chi connectivity index (χ1v) is 22.4. The predicted octanol–water partition coefficient (Wildman–Crippen LogP) is -3.35. The highest BCUT2D eigenvalue weighted by Gasteiger charge is 2.34. The number of nitrogens with two attached hydrogens (primary N) is 2. The third-order valence-corrected chi connectivity index (χ3v) is 10.1. The summed E-state index contributed by atoms with van der Waals surface area (Å²) < 4.78 is 0. The van der Waals surface area contributed by atoms with Gasteiger partial charge in [0.1, 0.15) is 48.0 Å². The number of phenols is 1. The number of benzene rings is 1. The summed E-state index contributed by atoms with van der Waals surface area (Å²) in [4.78, 5) is 129. The maximum absolute atomic E-state index is 13.7. The molecule has 1 rings (SSSR count). The van der Waals surface area contributed by atoms with Crippen molar-refractivity contribution in [2.24, 2.45) is 29.2 Å². The second-order valence-electron chi connectivity index (χ2n) is 17.9. The van der Waals surface area contributed by atoms with Crippen LogP contribution in [0.15, 0.2) is 24.3 Å². The lowest BCUT2D eigenvalue weighted by atomic mass is 10.0. The molecule has 9 amide bonds. The Morgan fingerprint density at radius 3 is 1.53 bits per heavy atom. The van der Waals surface area contributed by atoms with Crippen molar-refractivity contribution in [3.63, 3.8) is 0 Å². The Bertz CT molecular complexity index is 1900. The number of amides is 9. The molecule has 0 unspecified atom stereocenters. The Morgan fingerprint density at radius 1 is 0.574 bits per heavy atom. The fraction of sp³-hybridized carbons (Fsp3) is 0.636. The van der Waals surface area contributed by atoms with Crippen LogP contribution in [0.3, 0.4) is 0 Å². The van der Waals surface area contributed by atoms with Gasteiger partial charge in [0.05, 0.1) is 25.3 Å². The number of carboxylic acids is 1. The van der Waals surface area contributed by atoms with Crippen LogP contribution in [-0.2, 0) is 54.4 Å². The standard InChI is InChI=1S/C44H72N10O14/c1-21(2)15-29(40(63)53-33(20-55)42(65)54-36(25(8)56)43(66)52-32(44(67)68)17-23(5)6)49-35(59)19-47-37(60)24(7)48-39(62)30(16-22(3)4)51-41(64)31(18-26-9-11-27(57)12-10-26)50-38(61)28(45)13-14-34(46)58/h9-12,21-25,28-33,36,55-57H,13-20,45H2,1-8H3,(H2,46,58)(H,47,60)(H,48,62)(H,49,59)(H,50,61)(H,51,64)(H,52,66)(H,53,63)(H,54,65)(H,67,68)/t24-,25+,28-,29-,30-,31-,32-,33-,36-/m0/s1. The number of hydrogen-bond donors (Lipinski definition) is 14. The van der Waals surface area contributed by atoms with Gasteiger partial charge in [-0.2, -0.15) is 0 Å². The molecule has 0 aliphatic rings. The molecule has 68 heavy (non-hydrogen) atoms. The Hall–Kier alpha value is -6.40. The van der Waals surface area contributed by atoms with Crippen LogP contribution >= 0.6 is 0 Å². The van der Waals surface area contributed by atoms with E-state index in [0.29, 0.717) is 5.56 Å². The molecule has 0 heterocycles. The summed E-state index contributed by atoms with van der Waals surface area (Å²) in [6.07, 6.45) is -1.73. The molecule has 24 heteroatoms. The summed E-state index contributed by atoms with van der Waals surface area (Å²) in [7, 11) is 0. The van der Waals surface area contributed by atoms with Crippen LogP contribution in [0.2, 0.25) is 0 Å². The zero-order chi connectivity index (χ0) is 52.0. The number of aliphatic carboxylic acids is 1. The lowest BCUT2D eigenvalue weighted by molar-refractivity contribution is -0.143. The predicted molar refractivity (Wildman–Crippen MR) is 245 cm³/mol. The van der Waals surface area contributed by atoms with Crippen molar-refractivity contribution in [2.75, 3.05) is 13.2 Å². The molecule has 0 saturated heterocycles. The lowest BCUT2D eigenvalue weighted by Crippen LogP contribution is -2.61. The van der Waals surface area contributed by atoms with E-state index in [4.69, 9.17) is 11.5 Å². The van der Waals surface area contributed by atoms with E-state index in [-0.39, 0.29) is 62.0 Å². The third kappa shape index (κ3) is 22.4. The van der Waals surface area contributed by atoms with Crippen molar-refractivity contribution < 1.29 is 68.4 Å². The minimum atomic E-state index is -1.69. The summed E-state index contributed by atoms with van der Waals surface area (Å²) in [5.74, 6) is -9.63. The second kappa shape index (κ2) is 29.4. The van der Waals surface area contributed by atoms with E-state index < -0.39 is 127 Å². The molecule has 0 spiro atoms. The van der Waals surface area contributed by atoms with Gasteiger partial charge in [0.25, 0.3) is 0 Å². The highest BCUT2D eigenvalue weighted by atomic mass is 16.4. The Kier molecular flexibility index (Phi) is 25.8. The van der Waals surface area contributed by atoms with Gasteiger partial charge in [0.2, 0.25) is 53.2 Å². The van der Waals surface area contributed by atoms with E-state index in [1.807, 2.05) is 0 Å². The average Bonchev–Trinajstić information content (AvgIpc) is 3.24. The first kappa shape index (κ1) is 59.6. The summed E-state index contributed by atoms with van der Waals surface area (Å²) >= 11 is 0. The molecular weight excluding hydrogens is 893 g/mol. The van der Waals surface area contributed by atoms with Crippen LogP contribution < -0.4 is 54.0 Å². The van der Waals surface area contributed by atoms with Gasteiger partial charge in [-0.3, -0.25) is 43.2 Å². The molecule has 24 nitrogen and oxygen atoms in total. The molecule has 382 valence electrons. The second-order valence-corrected chi connectivity index (χ2v) is 17.9. The molecule has 16 N–H and O–H groups in total. The quantitative estimate of drug-likeness (QED) is 0.0358. The SMILES string of the molecule is CC(C)C[C@H](NC(=O)[C@@H](NC(=O)[C@H](CO)NC(=O)[C@H](CC(C)C)NC(=O)CNC(=O)[C@H](C)NC(=O)[C@H](CC(C)C)NC(=O)[C@H](Cc1ccc(O)cc1)NC(=O)[C@@H](N)CCC(N)=O)[C@@H](C)O)C(=O)O. The van der Waals surface area contributed by atoms with Crippen molar-refractivity contribution in [3.8, 4) is 5.75 Å². The van der Waals surface area contributed by atoms with E-state index in [1.165, 1.54) is 38.1 Å². The Balaban J connectivity index is 3.04. The zero-order valence-electron chi connectivity index (χ0n) is 39.9. The van der Waals surface area contributed by atoms with Gasteiger partial charge in [-0.25, -0.2) is 4.79 Å². The first-order valence-electron chi connectivity index (χ1n) is 22.4. The number of nitrogens with one attached hydrogen (secondary N) is 8. The molecular formula is C44H72N10O14. The zero-order valence-corrected chi connectivity index (χ0v) is 39.9. The first-order chi connectivity index (χ1) is 31.6. The number of primary amides is 1. The van der Waals surface area contributed by atoms with Crippen LogP contribution in [0.5, 0.6) is 5.75 Å². The van der Waals surface area contributed by atoms with Gasteiger partial charge < -0.3 is 74.4 Å². The van der Waals surface area contributed by atoms with Crippen LogP contribution in [-0.4, -0.2) is 147 Å². The van der Waals surface area contributed by atoms with Crippen molar-refractivity contribution in [1.82, 2.24) is 42.5 Å². The third-order valence-electron chi connectivity index (χ3n) is 10.1.